The van der Waals surface area contributed by atoms with Crippen molar-refractivity contribution in [2.75, 3.05) is 7.11 Å². The smallest absolute Gasteiger partial charge is 0.364 e. The Balaban J connectivity index is 3.26. The predicted octanol–water partition coefficient (Wildman–Crippen LogP) is 3.81. The van der Waals surface area contributed by atoms with Crippen molar-refractivity contribution in [1.82, 2.24) is 0 Å². The van der Waals surface area contributed by atoms with Gasteiger partial charge in [0.15, 0.2) is 5.60 Å². The lowest BCUT2D eigenvalue weighted by molar-refractivity contribution is -0.278. The van der Waals surface area contributed by atoms with E-state index in [2.05, 4.69) is 0 Å². The quantitative estimate of drug-likeness (QED) is 0.770. The molecule has 4 heteroatoms. The van der Waals surface area contributed by atoms with Crippen LogP contribution in [0.3, 0.4) is 0 Å². The van der Waals surface area contributed by atoms with E-state index in [1.807, 2.05) is 6.92 Å². The summed E-state index contributed by atoms with van der Waals surface area (Å²) in [5, 5.41) is 0. The van der Waals surface area contributed by atoms with Gasteiger partial charge < -0.3 is 4.74 Å². The monoisotopic (exact) mass is 232 g/mol. The van der Waals surface area contributed by atoms with Crippen molar-refractivity contribution in [3.63, 3.8) is 0 Å². The van der Waals surface area contributed by atoms with Crippen LogP contribution in [0.2, 0.25) is 0 Å². The van der Waals surface area contributed by atoms with Crippen molar-refractivity contribution >= 4 is 0 Å². The summed E-state index contributed by atoms with van der Waals surface area (Å²) >= 11 is 0. The molecule has 1 unspecified atom stereocenters. The molecule has 0 fully saturated rings. The third kappa shape index (κ3) is 2.07. The molecule has 0 saturated heterocycles. The summed E-state index contributed by atoms with van der Waals surface area (Å²) in [4.78, 5) is 0. The van der Waals surface area contributed by atoms with Gasteiger partial charge in [-0.3, -0.25) is 0 Å². The molecule has 1 rings (SSSR count). The zero-order chi connectivity index (χ0) is 12.4. The summed E-state index contributed by atoms with van der Waals surface area (Å²) in [5.41, 5.74) is -1.12. The molecule has 16 heavy (non-hydrogen) atoms. The van der Waals surface area contributed by atoms with E-state index < -0.39 is 11.8 Å². The van der Waals surface area contributed by atoms with Crippen LogP contribution < -0.4 is 0 Å². The van der Waals surface area contributed by atoms with Gasteiger partial charge in [-0.15, -0.1) is 0 Å². The lowest BCUT2D eigenvalue weighted by atomic mass is 9.89. The van der Waals surface area contributed by atoms with Crippen LogP contribution in [-0.2, 0) is 10.3 Å². The highest BCUT2D eigenvalue weighted by atomic mass is 19.4. The van der Waals surface area contributed by atoms with Crippen LogP contribution in [0.1, 0.15) is 24.5 Å². The fourth-order valence-electron chi connectivity index (χ4n) is 1.77. The van der Waals surface area contributed by atoms with Crippen molar-refractivity contribution in [2.45, 2.75) is 32.0 Å². The molecule has 0 aliphatic carbocycles. The molecule has 1 nitrogen and oxygen atoms in total. The maximum absolute atomic E-state index is 13.0. The summed E-state index contributed by atoms with van der Waals surface area (Å²) in [6.07, 6.45) is -4.55. The number of hydrogen-bond donors (Lipinski definition) is 0. The Hall–Kier alpha value is -1.03. The van der Waals surface area contributed by atoms with Crippen LogP contribution in [0.5, 0.6) is 0 Å². The van der Waals surface area contributed by atoms with Gasteiger partial charge in [0.1, 0.15) is 0 Å². The molecule has 0 saturated carbocycles. The molecule has 1 aromatic rings. The Labute approximate surface area is 93.2 Å². The number of aryl methyl sites for hydroxylation is 1. The number of halogens is 3. The van der Waals surface area contributed by atoms with Gasteiger partial charge in [0.25, 0.3) is 0 Å². The van der Waals surface area contributed by atoms with Crippen LogP contribution in [0.25, 0.3) is 0 Å². The Morgan fingerprint density at radius 1 is 1.12 bits per heavy atom. The average Bonchev–Trinajstić information content (AvgIpc) is 2.21. The number of alkyl halides is 3. The van der Waals surface area contributed by atoms with E-state index in [1.165, 1.54) is 19.1 Å². The topological polar surface area (TPSA) is 9.23 Å². The minimum absolute atomic E-state index is 0.143. The molecule has 90 valence electrons. The van der Waals surface area contributed by atoms with E-state index in [-0.39, 0.29) is 12.0 Å². The molecular formula is C12H15F3O. The number of ether oxygens (including phenoxy) is 1. The van der Waals surface area contributed by atoms with Gasteiger partial charge in [-0.2, -0.15) is 13.2 Å². The molecule has 0 spiro atoms. The van der Waals surface area contributed by atoms with Gasteiger partial charge in [0.05, 0.1) is 0 Å². The molecule has 0 radical (unpaired) electrons. The standard InChI is InChI=1S/C12H15F3O/c1-4-11(16-3,12(13,14)15)10-7-5-9(2)6-8-10/h5-8H,4H2,1-3H3. The van der Waals surface area contributed by atoms with Crippen molar-refractivity contribution < 1.29 is 17.9 Å². The lowest BCUT2D eigenvalue weighted by Crippen LogP contribution is -2.43. The third-order valence-corrected chi connectivity index (χ3v) is 2.82. The molecule has 0 aromatic heterocycles. The third-order valence-electron chi connectivity index (χ3n) is 2.82. The van der Waals surface area contributed by atoms with E-state index >= 15 is 0 Å². The summed E-state index contributed by atoms with van der Waals surface area (Å²) in [7, 11) is 1.09. The lowest BCUT2D eigenvalue weighted by Gasteiger charge is -2.34. The van der Waals surface area contributed by atoms with Crippen LogP contribution in [0, 0.1) is 6.92 Å². The van der Waals surface area contributed by atoms with Gasteiger partial charge >= 0.3 is 6.18 Å². The van der Waals surface area contributed by atoms with Gasteiger partial charge in [0, 0.05) is 7.11 Å². The first kappa shape index (κ1) is 13.0. The number of rotatable bonds is 3. The number of hydrogen-bond acceptors (Lipinski definition) is 1. The van der Waals surface area contributed by atoms with E-state index in [9.17, 15) is 13.2 Å². The van der Waals surface area contributed by atoms with E-state index in [0.29, 0.717) is 0 Å². The second-order valence-electron chi connectivity index (χ2n) is 3.75. The molecule has 0 aliphatic heterocycles. The van der Waals surface area contributed by atoms with Gasteiger partial charge in [-0.05, 0) is 18.9 Å². The van der Waals surface area contributed by atoms with E-state index in [4.69, 9.17) is 4.74 Å². The average molecular weight is 232 g/mol. The minimum Gasteiger partial charge on any atom is -0.364 e. The highest BCUT2D eigenvalue weighted by Crippen LogP contribution is 2.44. The molecule has 0 N–H and O–H groups in total. The zero-order valence-electron chi connectivity index (χ0n) is 9.56. The number of methoxy groups -OCH3 is 1. The highest BCUT2D eigenvalue weighted by molar-refractivity contribution is 5.28. The normalized spacial score (nSPS) is 15.9. The van der Waals surface area contributed by atoms with Crippen LogP contribution >= 0.6 is 0 Å². The van der Waals surface area contributed by atoms with Gasteiger partial charge in [-0.1, -0.05) is 36.8 Å². The predicted molar refractivity (Wildman–Crippen MR) is 56.2 cm³/mol. The van der Waals surface area contributed by atoms with Gasteiger partial charge in [-0.25, -0.2) is 0 Å². The van der Waals surface area contributed by atoms with Crippen LogP contribution in [0.15, 0.2) is 24.3 Å². The molecule has 0 aliphatic rings. The maximum atomic E-state index is 13.0. The second-order valence-corrected chi connectivity index (χ2v) is 3.75. The zero-order valence-corrected chi connectivity index (χ0v) is 9.56. The summed E-state index contributed by atoms with van der Waals surface area (Å²) in [5.74, 6) is 0. The second kappa shape index (κ2) is 4.45. The van der Waals surface area contributed by atoms with E-state index in [1.54, 1.807) is 12.1 Å². The Bertz CT molecular complexity index is 336. The van der Waals surface area contributed by atoms with Crippen molar-refractivity contribution in [1.29, 1.82) is 0 Å². The molecule has 0 amide bonds. The summed E-state index contributed by atoms with van der Waals surface area (Å²) in [6.45, 7) is 3.30. The Morgan fingerprint density at radius 2 is 1.62 bits per heavy atom. The molecular weight excluding hydrogens is 217 g/mol. The fourth-order valence-corrected chi connectivity index (χ4v) is 1.77. The summed E-state index contributed by atoms with van der Waals surface area (Å²) in [6, 6.07) is 6.25. The first-order valence-corrected chi connectivity index (χ1v) is 5.06. The largest absolute Gasteiger partial charge is 0.421 e. The molecule has 0 bridgehead atoms. The fraction of sp³-hybridized carbons (Fsp3) is 0.500. The van der Waals surface area contributed by atoms with E-state index in [0.717, 1.165) is 12.7 Å². The minimum atomic E-state index is -4.41. The highest BCUT2D eigenvalue weighted by Gasteiger charge is 2.55. The van der Waals surface area contributed by atoms with Crippen LogP contribution in [-0.4, -0.2) is 13.3 Å². The maximum Gasteiger partial charge on any atom is 0.421 e. The SMILES string of the molecule is CCC(OC)(c1ccc(C)cc1)C(F)(F)F. The number of benzene rings is 1. The van der Waals surface area contributed by atoms with Crippen LogP contribution in [0.4, 0.5) is 13.2 Å². The van der Waals surface area contributed by atoms with Crippen molar-refractivity contribution in [2.24, 2.45) is 0 Å². The van der Waals surface area contributed by atoms with Crippen molar-refractivity contribution in [3.8, 4) is 0 Å². The molecule has 0 heterocycles. The Kier molecular flexibility index (Phi) is 3.63. The first-order chi connectivity index (χ1) is 7.37. The Morgan fingerprint density at radius 3 is 1.94 bits per heavy atom. The molecule has 1 aromatic carbocycles. The van der Waals surface area contributed by atoms with Crippen molar-refractivity contribution in [3.05, 3.63) is 35.4 Å². The first-order valence-electron chi connectivity index (χ1n) is 5.06. The summed E-state index contributed by atoms with van der Waals surface area (Å²) < 4.78 is 43.9. The van der Waals surface area contributed by atoms with Gasteiger partial charge in [0.2, 0.25) is 0 Å². The molecule has 1 atom stereocenters.